The SMILES string of the molecule is C[N+](C)(C)C.ClC=Cc1ccccc1. The first-order chi connectivity index (χ1) is 6.43. The van der Waals surface area contributed by atoms with E-state index in [1.807, 2.05) is 36.4 Å². The highest BCUT2D eigenvalue weighted by Crippen LogP contribution is 2.00. The van der Waals surface area contributed by atoms with Gasteiger partial charge in [-0.2, -0.15) is 0 Å². The quantitative estimate of drug-likeness (QED) is 0.628. The summed E-state index contributed by atoms with van der Waals surface area (Å²) in [5.74, 6) is 0. The van der Waals surface area contributed by atoms with E-state index in [0.29, 0.717) is 0 Å². The van der Waals surface area contributed by atoms with Gasteiger partial charge in [-0.1, -0.05) is 41.9 Å². The van der Waals surface area contributed by atoms with E-state index in [2.05, 4.69) is 28.2 Å². The summed E-state index contributed by atoms with van der Waals surface area (Å²) in [6.45, 7) is 0. The predicted octanol–water partition coefficient (Wildman–Crippen LogP) is 3.22. The van der Waals surface area contributed by atoms with Crippen LogP contribution in [-0.2, 0) is 0 Å². The number of hydrogen-bond acceptors (Lipinski definition) is 0. The highest BCUT2D eigenvalue weighted by Gasteiger charge is 1.88. The molecule has 0 aliphatic carbocycles. The molecule has 0 saturated carbocycles. The van der Waals surface area contributed by atoms with Gasteiger partial charge in [-0.15, -0.1) is 0 Å². The molecule has 0 aliphatic rings. The van der Waals surface area contributed by atoms with E-state index in [4.69, 9.17) is 11.6 Å². The summed E-state index contributed by atoms with van der Waals surface area (Å²) in [5, 5.41) is 0. The van der Waals surface area contributed by atoms with Crippen LogP contribution in [0.4, 0.5) is 0 Å². The second-order valence-corrected chi connectivity index (χ2v) is 4.64. The first-order valence-corrected chi connectivity index (χ1v) is 4.98. The minimum Gasteiger partial charge on any atom is -0.333 e. The fraction of sp³-hybridized carbons (Fsp3) is 0.333. The monoisotopic (exact) mass is 212 g/mol. The van der Waals surface area contributed by atoms with Crippen molar-refractivity contribution in [3.05, 3.63) is 41.4 Å². The molecule has 0 aliphatic heterocycles. The van der Waals surface area contributed by atoms with Crippen molar-refractivity contribution >= 4 is 17.7 Å². The third-order valence-corrected chi connectivity index (χ3v) is 1.18. The van der Waals surface area contributed by atoms with Gasteiger partial charge < -0.3 is 4.48 Å². The summed E-state index contributed by atoms with van der Waals surface area (Å²) >= 11 is 5.36. The molecule has 0 saturated heterocycles. The first-order valence-electron chi connectivity index (χ1n) is 4.54. The van der Waals surface area contributed by atoms with E-state index in [-0.39, 0.29) is 0 Å². The summed E-state index contributed by atoms with van der Waals surface area (Å²) in [7, 11) is 8.50. The fourth-order valence-corrected chi connectivity index (χ4v) is 0.782. The minimum atomic E-state index is 1.00. The lowest BCUT2D eigenvalue weighted by Gasteiger charge is -2.14. The van der Waals surface area contributed by atoms with Crippen molar-refractivity contribution in [1.29, 1.82) is 0 Å². The van der Waals surface area contributed by atoms with Gasteiger partial charge in [0.2, 0.25) is 0 Å². The molecule has 0 unspecified atom stereocenters. The van der Waals surface area contributed by atoms with Gasteiger partial charge in [-0.3, -0.25) is 0 Å². The standard InChI is InChI=1S/C8H7Cl.C4H12N/c9-7-6-8-4-2-1-3-5-8;1-5(2,3)4/h1-7H;1-4H3/q;+1. The number of rotatable bonds is 1. The summed E-state index contributed by atoms with van der Waals surface area (Å²) in [6.07, 6.45) is 1.85. The van der Waals surface area contributed by atoms with Gasteiger partial charge >= 0.3 is 0 Å². The molecule has 14 heavy (non-hydrogen) atoms. The van der Waals surface area contributed by atoms with E-state index in [1.165, 1.54) is 5.54 Å². The van der Waals surface area contributed by atoms with Crippen molar-refractivity contribution in [2.75, 3.05) is 28.2 Å². The number of nitrogens with zero attached hydrogens (tertiary/aromatic N) is 1. The molecule has 2 heteroatoms. The number of benzene rings is 1. The van der Waals surface area contributed by atoms with Crippen LogP contribution in [0.15, 0.2) is 35.9 Å². The molecule has 1 aromatic carbocycles. The largest absolute Gasteiger partial charge is 0.333 e. The Labute approximate surface area is 92.2 Å². The maximum Gasteiger partial charge on any atom is 0.0675 e. The summed E-state index contributed by atoms with van der Waals surface area (Å²) < 4.78 is 1.00. The number of halogens is 1. The Bertz CT molecular complexity index is 253. The van der Waals surface area contributed by atoms with Crippen LogP contribution in [0.3, 0.4) is 0 Å². The molecule has 0 bridgehead atoms. The third kappa shape index (κ3) is 11.2. The molecule has 78 valence electrons. The topological polar surface area (TPSA) is 0 Å². The third-order valence-electron chi connectivity index (χ3n) is 1.06. The maximum atomic E-state index is 5.36. The Balaban J connectivity index is 0.000000292. The van der Waals surface area contributed by atoms with Crippen LogP contribution >= 0.6 is 11.6 Å². The molecule has 0 spiro atoms. The Morgan fingerprint density at radius 1 is 1.00 bits per heavy atom. The molecule has 0 amide bonds. The predicted molar refractivity (Wildman–Crippen MR) is 65.3 cm³/mol. The minimum absolute atomic E-state index is 1.00. The highest BCUT2D eigenvalue weighted by molar-refractivity contribution is 6.27. The second kappa shape index (κ2) is 6.63. The van der Waals surface area contributed by atoms with E-state index < -0.39 is 0 Å². The van der Waals surface area contributed by atoms with E-state index in [0.717, 1.165) is 10.0 Å². The molecule has 0 N–H and O–H groups in total. The summed E-state index contributed by atoms with van der Waals surface area (Å²) in [4.78, 5) is 0. The molecule has 0 atom stereocenters. The van der Waals surface area contributed by atoms with Gasteiger partial charge in [-0.05, 0) is 11.6 Å². The average molecular weight is 213 g/mol. The van der Waals surface area contributed by atoms with Crippen molar-refractivity contribution in [2.24, 2.45) is 0 Å². The Morgan fingerprint density at radius 2 is 1.43 bits per heavy atom. The van der Waals surface area contributed by atoms with Crippen molar-refractivity contribution in [3.63, 3.8) is 0 Å². The first kappa shape index (κ1) is 13.2. The fourth-order valence-electron chi connectivity index (χ4n) is 0.637. The van der Waals surface area contributed by atoms with Gasteiger partial charge in [0.05, 0.1) is 28.2 Å². The lowest BCUT2D eigenvalue weighted by Crippen LogP contribution is -2.27. The van der Waals surface area contributed by atoms with Gasteiger partial charge in [0.15, 0.2) is 0 Å². The van der Waals surface area contributed by atoms with Crippen LogP contribution in [0.1, 0.15) is 5.56 Å². The zero-order valence-electron chi connectivity index (χ0n) is 9.37. The van der Waals surface area contributed by atoms with Crippen LogP contribution in [0.25, 0.3) is 6.08 Å². The van der Waals surface area contributed by atoms with E-state index in [9.17, 15) is 0 Å². The molecule has 0 radical (unpaired) electrons. The van der Waals surface area contributed by atoms with Gasteiger partial charge in [0.1, 0.15) is 0 Å². The zero-order chi connectivity index (χ0) is 11.0. The normalized spacial score (nSPS) is 10.9. The van der Waals surface area contributed by atoms with Crippen LogP contribution < -0.4 is 0 Å². The van der Waals surface area contributed by atoms with Gasteiger partial charge in [-0.25, -0.2) is 0 Å². The van der Waals surface area contributed by atoms with Crippen LogP contribution in [-0.4, -0.2) is 32.7 Å². The molecule has 0 aromatic heterocycles. The summed E-state index contributed by atoms with van der Waals surface area (Å²) in [6, 6.07) is 9.93. The lowest BCUT2D eigenvalue weighted by atomic mass is 10.2. The zero-order valence-corrected chi connectivity index (χ0v) is 10.1. The van der Waals surface area contributed by atoms with E-state index >= 15 is 0 Å². The number of quaternary nitrogens is 1. The van der Waals surface area contributed by atoms with Gasteiger partial charge in [0, 0.05) is 5.54 Å². The van der Waals surface area contributed by atoms with Crippen LogP contribution in [0.2, 0.25) is 0 Å². The molecule has 1 aromatic rings. The molecular formula is C12H19ClN+. The molecule has 1 nitrogen and oxygen atoms in total. The highest BCUT2D eigenvalue weighted by atomic mass is 35.5. The average Bonchev–Trinajstić information content (AvgIpc) is 2.03. The van der Waals surface area contributed by atoms with Gasteiger partial charge in [0.25, 0.3) is 0 Å². The van der Waals surface area contributed by atoms with E-state index in [1.54, 1.807) is 0 Å². The van der Waals surface area contributed by atoms with Crippen molar-refractivity contribution in [1.82, 2.24) is 0 Å². The van der Waals surface area contributed by atoms with Crippen molar-refractivity contribution < 1.29 is 4.48 Å². The van der Waals surface area contributed by atoms with Crippen LogP contribution in [0, 0.1) is 0 Å². The molecule has 1 rings (SSSR count). The lowest BCUT2D eigenvalue weighted by molar-refractivity contribution is -0.849. The Morgan fingerprint density at radius 3 is 1.79 bits per heavy atom. The smallest absolute Gasteiger partial charge is 0.0675 e. The molecule has 0 fully saturated rings. The van der Waals surface area contributed by atoms with Crippen LogP contribution in [0.5, 0.6) is 0 Å². The maximum absolute atomic E-state index is 5.36. The Kier molecular flexibility index (Phi) is 6.26. The second-order valence-electron chi connectivity index (χ2n) is 4.39. The Hall–Kier alpha value is -0.790. The number of hydrogen-bond donors (Lipinski definition) is 0. The van der Waals surface area contributed by atoms with Crippen molar-refractivity contribution in [3.8, 4) is 0 Å². The molecule has 0 heterocycles. The summed E-state index contributed by atoms with van der Waals surface area (Å²) in [5.41, 5.74) is 2.64. The molecular weight excluding hydrogens is 194 g/mol. The van der Waals surface area contributed by atoms with Crippen molar-refractivity contribution in [2.45, 2.75) is 0 Å².